The van der Waals surface area contributed by atoms with Gasteiger partial charge in [-0.1, -0.05) is 36.4 Å². The minimum atomic E-state index is -0.0527. The summed E-state index contributed by atoms with van der Waals surface area (Å²) in [6.07, 6.45) is 0. The molecule has 0 saturated carbocycles. The van der Waals surface area contributed by atoms with Crippen molar-refractivity contribution in [2.24, 2.45) is 0 Å². The molecule has 3 aromatic rings. The molecule has 7 heteroatoms. The van der Waals surface area contributed by atoms with E-state index in [9.17, 15) is 9.90 Å². The number of carbonyl (C=O) groups excluding carboxylic acids is 1. The Kier molecular flexibility index (Phi) is 9.73. The zero-order valence-corrected chi connectivity index (χ0v) is 21.7. The second-order valence-corrected chi connectivity index (χ2v) is 8.59. The van der Waals surface area contributed by atoms with Crippen molar-refractivity contribution in [1.82, 2.24) is 10.6 Å². The van der Waals surface area contributed by atoms with E-state index in [0.29, 0.717) is 43.5 Å². The number of benzene rings is 3. The third-order valence-corrected chi connectivity index (χ3v) is 6.31. The largest absolute Gasteiger partial charge is 0.496 e. The molecule has 0 radical (unpaired) electrons. The maximum atomic E-state index is 11.0. The van der Waals surface area contributed by atoms with E-state index < -0.39 is 0 Å². The standard InChI is InChI=1S/C29H36N2O5/c1-19-22(17-32)8-6-10-25(19)26-11-7-9-23(20(26)2)18-36-24-14-28(34-4)27(29(15-24)35-5)16-30-12-13-31-21(3)33/h6-11,14-15,30,32H,12-13,16-18H2,1-5H3,(H,31,33). The average Bonchev–Trinajstić information content (AvgIpc) is 2.88. The Morgan fingerprint density at radius 3 is 2.03 bits per heavy atom. The third-order valence-electron chi connectivity index (χ3n) is 6.31. The van der Waals surface area contributed by atoms with E-state index in [1.807, 2.05) is 37.3 Å². The number of nitrogens with one attached hydrogen (secondary N) is 2. The van der Waals surface area contributed by atoms with Crippen LogP contribution in [0.15, 0.2) is 48.5 Å². The van der Waals surface area contributed by atoms with Crippen LogP contribution in [-0.4, -0.2) is 38.3 Å². The zero-order valence-electron chi connectivity index (χ0n) is 21.7. The molecule has 0 aliphatic heterocycles. The molecule has 0 aliphatic rings. The number of ether oxygens (including phenoxy) is 3. The molecule has 0 fully saturated rings. The Bertz CT molecular complexity index is 1170. The first-order valence-corrected chi connectivity index (χ1v) is 12.0. The van der Waals surface area contributed by atoms with Gasteiger partial charge >= 0.3 is 0 Å². The van der Waals surface area contributed by atoms with Crippen LogP contribution in [-0.2, 0) is 24.6 Å². The second-order valence-electron chi connectivity index (χ2n) is 8.59. The molecule has 0 bridgehead atoms. The van der Waals surface area contributed by atoms with Crippen molar-refractivity contribution in [1.29, 1.82) is 0 Å². The lowest BCUT2D eigenvalue weighted by Gasteiger charge is -2.18. The summed E-state index contributed by atoms with van der Waals surface area (Å²) in [7, 11) is 3.24. The lowest BCUT2D eigenvalue weighted by Crippen LogP contribution is -2.30. The van der Waals surface area contributed by atoms with Gasteiger partial charge in [0, 0.05) is 38.7 Å². The minimum Gasteiger partial charge on any atom is -0.496 e. The van der Waals surface area contributed by atoms with Gasteiger partial charge in [-0.2, -0.15) is 0 Å². The molecule has 0 atom stereocenters. The zero-order chi connectivity index (χ0) is 26.1. The van der Waals surface area contributed by atoms with E-state index in [-0.39, 0.29) is 12.5 Å². The van der Waals surface area contributed by atoms with Crippen LogP contribution in [0, 0.1) is 13.8 Å². The van der Waals surface area contributed by atoms with Gasteiger partial charge in [0.25, 0.3) is 0 Å². The van der Waals surface area contributed by atoms with E-state index in [2.05, 4.69) is 35.8 Å². The van der Waals surface area contributed by atoms with Crippen molar-refractivity contribution in [3.05, 3.63) is 76.3 Å². The van der Waals surface area contributed by atoms with Crippen LogP contribution < -0.4 is 24.8 Å². The molecule has 0 aliphatic carbocycles. The van der Waals surface area contributed by atoms with Gasteiger partial charge in [-0.05, 0) is 47.2 Å². The van der Waals surface area contributed by atoms with Crippen molar-refractivity contribution >= 4 is 5.91 Å². The molecule has 36 heavy (non-hydrogen) atoms. The van der Waals surface area contributed by atoms with E-state index >= 15 is 0 Å². The molecule has 7 nitrogen and oxygen atoms in total. The molecule has 0 unspecified atom stereocenters. The van der Waals surface area contributed by atoms with E-state index in [1.165, 1.54) is 6.92 Å². The second kappa shape index (κ2) is 13.0. The van der Waals surface area contributed by atoms with Crippen LogP contribution in [0.25, 0.3) is 11.1 Å². The molecular formula is C29H36N2O5. The van der Waals surface area contributed by atoms with Crippen molar-refractivity contribution in [3.63, 3.8) is 0 Å². The summed E-state index contributed by atoms with van der Waals surface area (Å²) in [5, 5.41) is 15.7. The maximum absolute atomic E-state index is 11.0. The topological polar surface area (TPSA) is 89.1 Å². The quantitative estimate of drug-likeness (QED) is 0.327. The van der Waals surface area contributed by atoms with Gasteiger partial charge in [0.05, 0.1) is 26.4 Å². The predicted octanol–water partition coefficient (Wildman–Crippen LogP) is 4.28. The number of aliphatic hydroxyl groups is 1. The van der Waals surface area contributed by atoms with Gasteiger partial charge in [-0.3, -0.25) is 4.79 Å². The number of methoxy groups -OCH3 is 2. The molecule has 0 aromatic heterocycles. The lowest BCUT2D eigenvalue weighted by atomic mass is 9.92. The summed E-state index contributed by atoms with van der Waals surface area (Å²) >= 11 is 0. The first-order valence-electron chi connectivity index (χ1n) is 12.0. The summed E-state index contributed by atoms with van der Waals surface area (Å²) in [6, 6.07) is 15.9. The molecule has 0 heterocycles. The molecule has 0 saturated heterocycles. The highest BCUT2D eigenvalue weighted by atomic mass is 16.5. The highest BCUT2D eigenvalue weighted by Crippen LogP contribution is 2.35. The summed E-state index contributed by atoms with van der Waals surface area (Å²) < 4.78 is 17.4. The van der Waals surface area contributed by atoms with Crippen LogP contribution in [0.3, 0.4) is 0 Å². The monoisotopic (exact) mass is 492 g/mol. The summed E-state index contributed by atoms with van der Waals surface area (Å²) in [5.74, 6) is 1.92. The van der Waals surface area contributed by atoms with E-state index in [0.717, 1.165) is 38.9 Å². The molecule has 3 aromatic carbocycles. The lowest BCUT2D eigenvalue weighted by molar-refractivity contribution is -0.118. The van der Waals surface area contributed by atoms with Crippen LogP contribution >= 0.6 is 0 Å². The van der Waals surface area contributed by atoms with Crippen LogP contribution in [0.4, 0.5) is 0 Å². The maximum Gasteiger partial charge on any atom is 0.216 e. The predicted molar refractivity (Wildman–Crippen MR) is 142 cm³/mol. The average molecular weight is 493 g/mol. The van der Waals surface area contributed by atoms with Gasteiger partial charge in [-0.25, -0.2) is 0 Å². The van der Waals surface area contributed by atoms with Crippen molar-refractivity contribution in [3.8, 4) is 28.4 Å². The summed E-state index contributed by atoms with van der Waals surface area (Å²) in [4.78, 5) is 11.0. The fourth-order valence-corrected chi connectivity index (χ4v) is 4.20. The molecule has 3 N–H and O–H groups in total. The smallest absolute Gasteiger partial charge is 0.216 e. The number of carbonyl (C=O) groups is 1. The fraction of sp³-hybridized carbons (Fsp3) is 0.345. The van der Waals surface area contributed by atoms with Gasteiger partial charge < -0.3 is 30.0 Å². The van der Waals surface area contributed by atoms with Crippen molar-refractivity contribution < 1.29 is 24.1 Å². The molecule has 3 rings (SSSR count). The van der Waals surface area contributed by atoms with Gasteiger partial charge in [-0.15, -0.1) is 0 Å². The molecule has 1 amide bonds. The van der Waals surface area contributed by atoms with Crippen LogP contribution in [0.5, 0.6) is 17.2 Å². The number of aliphatic hydroxyl groups excluding tert-OH is 1. The Morgan fingerprint density at radius 2 is 1.47 bits per heavy atom. The molecular weight excluding hydrogens is 456 g/mol. The first-order chi connectivity index (χ1) is 17.4. The molecule has 0 spiro atoms. The third kappa shape index (κ3) is 6.56. The minimum absolute atomic E-state index is 0.0198. The summed E-state index contributed by atoms with van der Waals surface area (Å²) in [6.45, 7) is 7.74. The van der Waals surface area contributed by atoms with Gasteiger partial charge in [0.2, 0.25) is 5.91 Å². The molecule has 192 valence electrons. The Hall–Kier alpha value is -3.55. The van der Waals surface area contributed by atoms with E-state index in [1.54, 1.807) is 14.2 Å². The SMILES string of the molecule is COc1cc(OCc2cccc(-c3cccc(CO)c3C)c2C)cc(OC)c1CNCCNC(C)=O. The van der Waals surface area contributed by atoms with Crippen molar-refractivity contribution in [2.75, 3.05) is 27.3 Å². The first kappa shape index (κ1) is 27.0. The Morgan fingerprint density at radius 1 is 0.889 bits per heavy atom. The normalized spacial score (nSPS) is 10.7. The highest BCUT2D eigenvalue weighted by molar-refractivity contribution is 5.73. The number of hydrogen-bond donors (Lipinski definition) is 3. The van der Waals surface area contributed by atoms with Crippen LogP contribution in [0.2, 0.25) is 0 Å². The number of amides is 1. The fourth-order valence-electron chi connectivity index (χ4n) is 4.20. The Balaban J connectivity index is 1.77. The van der Waals surface area contributed by atoms with E-state index in [4.69, 9.17) is 14.2 Å². The Labute approximate surface area is 213 Å². The summed E-state index contributed by atoms with van der Waals surface area (Å²) in [5.41, 5.74) is 7.33. The number of rotatable bonds is 12. The van der Waals surface area contributed by atoms with Crippen molar-refractivity contribution in [2.45, 2.75) is 40.5 Å². The van der Waals surface area contributed by atoms with Gasteiger partial charge in [0.1, 0.15) is 23.9 Å². The highest BCUT2D eigenvalue weighted by Gasteiger charge is 2.15. The van der Waals surface area contributed by atoms with Crippen LogP contribution in [0.1, 0.15) is 34.7 Å². The number of hydrogen-bond acceptors (Lipinski definition) is 6. The van der Waals surface area contributed by atoms with Gasteiger partial charge in [0.15, 0.2) is 0 Å².